The molecule has 0 unspecified atom stereocenters. The Morgan fingerprint density at radius 1 is 1.43 bits per heavy atom. The van der Waals surface area contributed by atoms with Crippen molar-refractivity contribution < 1.29 is 4.79 Å². The van der Waals surface area contributed by atoms with Crippen molar-refractivity contribution in [1.82, 2.24) is 14.8 Å². The van der Waals surface area contributed by atoms with E-state index in [-0.39, 0.29) is 5.91 Å². The molecule has 0 spiro atoms. The summed E-state index contributed by atoms with van der Waals surface area (Å²) >= 11 is 0. The Balaban J connectivity index is 1.94. The van der Waals surface area contributed by atoms with Crippen molar-refractivity contribution in [3.8, 4) is 0 Å². The van der Waals surface area contributed by atoms with Gasteiger partial charge in [0.1, 0.15) is 0 Å². The summed E-state index contributed by atoms with van der Waals surface area (Å²) in [5.74, 6) is 0.0425. The molecular formula is C16H26N4O. The summed E-state index contributed by atoms with van der Waals surface area (Å²) in [7, 11) is 1.87. The van der Waals surface area contributed by atoms with Gasteiger partial charge in [-0.15, -0.1) is 0 Å². The third kappa shape index (κ3) is 4.43. The molecule has 116 valence electrons. The van der Waals surface area contributed by atoms with Crippen LogP contribution in [-0.2, 0) is 0 Å². The predicted octanol–water partition coefficient (Wildman–Crippen LogP) is 2.07. The molecule has 0 aliphatic carbocycles. The number of pyridine rings is 1. The summed E-state index contributed by atoms with van der Waals surface area (Å²) in [4.78, 5) is 20.9. The minimum absolute atomic E-state index is 0.0425. The quantitative estimate of drug-likeness (QED) is 0.835. The van der Waals surface area contributed by atoms with Crippen molar-refractivity contribution in [1.29, 1.82) is 0 Å². The van der Waals surface area contributed by atoms with E-state index in [9.17, 15) is 4.79 Å². The number of hydrogen-bond donors (Lipinski definition) is 1. The van der Waals surface area contributed by atoms with Gasteiger partial charge in [0, 0.05) is 39.1 Å². The molecule has 2 rings (SSSR count). The fourth-order valence-corrected chi connectivity index (χ4v) is 2.58. The van der Waals surface area contributed by atoms with Gasteiger partial charge in [0.2, 0.25) is 0 Å². The molecule has 1 aliphatic heterocycles. The number of hydrogen-bond acceptors (Lipinski definition) is 4. The number of carbonyl (C=O) groups is 1. The van der Waals surface area contributed by atoms with Gasteiger partial charge in [-0.2, -0.15) is 0 Å². The normalized spacial score (nSPS) is 15.1. The van der Waals surface area contributed by atoms with Gasteiger partial charge in [-0.1, -0.05) is 6.92 Å². The first kappa shape index (κ1) is 15.8. The molecule has 0 atom stereocenters. The van der Waals surface area contributed by atoms with Crippen molar-refractivity contribution in [3.05, 3.63) is 24.0 Å². The van der Waals surface area contributed by atoms with Crippen molar-refractivity contribution in [2.24, 2.45) is 0 Å². The first-order valence-electron chi connectivity index (χ1n) is 7.88. The third-order valence-electron chi connectivity index (χ3n) is 3.91. The maximum Gasteiger partial charge on any atom is 0.257 e. The SMILES string of the molecule is CCCNc1ccncc1C(=O)N(C)CCN1CCCC1. The first-order valence-corrected chi connectivity index (χ1v) is 7.88. The standard InChI is InChI=1S/C16H26N4O/c1-3-7-18-15-6-8-17-13-14(15)16(21)19(2)11-12-20-9-4-5-10-20/h6,8,13H,3-5,7,9-12H2,1-2H3,(H,17,18). The monoisotopic (exact) mass is 290 g/mol. The molecule has 2 heterocycles. The van der Waals surface area contributed by atoms with Gasteiger partial charge in [-0.3, -0.25) is 9.78 Å². The van der Waals surface area contributed by atoms with Gasteiger partial charge >= 0.3 is 0 Å². The lowest BCUT2D eigenvalue weighted by Crippen LogP contribution is -2.35. The molecule has 5 nitrogen and oxygen atoms in total. The highest BCUT2D eigenvalue weighted by Gasteiger charge is 2.18. The number of carbonyl (C=O) groups excluding carboxylic acids is 1. The highest BCUT2D eigenvalue weighted by atomic mass is 16.2. The zero-order valence-electron chi connectivity index (χ0n) is 13.1. The Morgan fingerprint density at radius 2 is 2.19 bits per heavy atom. The molecule has 5 heteroatoms. The van der Waals surface area contributed by atoms with Crippen molar-refractivity contribution in [2.75, 3.05) is 45.1 Å². The second kappa shape index (κ2) is 7.98. The minimum Gasteiger partial charge on any atom is -0.384 e. The average molecular weight is 290 g/mol. The van der Waals surface area contributed by atoms with E-state index in [4.69, 9.17) is 0 Å². The molecule has 21 heavy (non-hydrogen) atoms. The van der Waals surface area contributed by atoms with E-state index in [1.54, 1.807) is 17.3 Å². The van der Waals surface area contributed by atoms with Gasteiger partial charge in [0.05, 0.1) is 11.3 Å². The Bertz CT molecular complexity index is 457. The third-order valence-corrected chi connectivity index (χ3v) is 3.91. The largest absolute Gasteiger partial charge is 0.384 e. The van der Waals surface area contributed by atoms with E-state index in [1.165, 1.54) is 12.8 Å². The Kier molecular flexibility index (Phi) is 5.99. The Labute approximate surface area is 127 Å². The van der Waals surface area contributed by atoms with Crippen LogP contribution in [0, 0.1) is 0 Å². The van der Waals surface area contributed by atoms with Crippen molar-refractivity contribution in [3.63, 3.8) is 0 Å². The summed E-state index contributed by atoms with van der Waals surface area (Å²) in [5, 5.41) is 3.30. The molecule has 0 radical (unpaired) electrons. The number of rotatable bonds is 7. The number of nitrogens with one attached hydrogen (secondary N) is 1. The van der Waals surface area contributed by atoms with Crippen molar-refractivity contribution >= 4 is 11.6 Å². The minimum atomic E-state index is 0.0425. The molecule has 1 amide bonds. The maximum absolute atomic E-state index is 12.6. The van der Waals surface area contributed by atoms with E-state index in [0.717, 1.165) is 44.8 Å². The van der Waals surface area contributed by atoms with E-state index in [1.807, 2.05) is 13.1 Å². The van der Waals surface area contributed by atoms with E-state index >= 15 is 0 Å². The lowest BCUT2D eigenvalue weighted by molar-refractivity contribution is 0.0783. The Morgan fingerprint density at radius 3 is 2.90 bits per heavy atom. The van der Waals surface area contributed by atoms with Crippen LogP contribution in [0.15, 0.2) is 18.5 Å². The molecule has 1 aromatic heterocycles. The second-order valence-corrected chi connectivity index (χ2v) is 5.62. The Hall–Kier alpha value is -1.62. The topological polar surface area (TPSA) is 48.5 Å². The van der Waals surface area contributed by atoms with Crippen LogP contribution in [0.25, 0.3) is 0 Å². The number of aromatic nitrogens is 1. The van der Waals surface area contributed by atoms with Crippen LogP contribution in [0.3, 0.4) is 0 Å². The van der Waals surface area contributed by atoms with Crippen LogP contribution in [0.4, 0.5) is 5.69 Å². The molecule has 0 bridgehead atoms. The summed E-state index contributed by atoms with van der Waals surface area (Å²) in [5.41, 5.74) is 1.54. The number of likely N-dealkylation sites (N-methyl/N-ethyl adjacent to an activating group) is 1. The summed E-state index contributed by atoms with van der Waals surface area (Å²) in [6.07, 6.45) is 6.98. The summed E-state index contributed by atoms with van der Waals surface area (Å²) < 4.78 is 0. The lowest BCUT2D eigenvalue weighted by Gasteiger charge is -2.22. The zero-order chi connectivity index (χ0) is 15.1. The smallest absolute Gasteiger partial charge is 0.257 e. The number of likely N-dealkylation sites (tertiary alicyclic amines) is 1. The molecule has 1 N–H and O–H groups in total. The lowest BCUT2D eigenvalue weighted by atomic mass is 10.2. The van der Waals surface area contributed by atoms with E-state index in [0.29, 0.717) is 5.56 Å². The fraction of sp³-hybridized carbons (Fsp3) is 0.625. The molecular weight excluding hydrogens is 264 g/mol. The molecule has 1 saturated heterocycles. The molecule has 1 fully saturated rings. The average Bonchev–Trinajstić information content (AvgIpc) is 3.03. The molecule has 0 saturated carbocycles. The number of anilines is 1. The summed E-state index contributed by atoms with van der Waals surface area (Å²) in [6.45, 7) is 7.03. The van der Waals surface area contributed by atoms with Gasteiger partial charge in [-0.25, -0.2) is 0 Å². The summed E-state index contributed by atoms with van der Waals surface area (Å²) in [6, 6.07) is 1.87. The molecule has 1 aromatic rings. The van der Waals surface area contributed by atoms with Gasteiger partial charge in [0.25, 0.3) is 5.91 Å². The van der Waals surface area contributed by atoms with Crippen molar-refractivity contribution in [2.45, 2.75) is 26.2 Å². The number of nitrogens with zero attached hydrogens (tertiary/aromatic N) is 3. The number of amides is 1. The predicted molar refractivity (Wildman–Crippen MR) is 85.7 cm³/mol. The van der Waals surface area contributed by atoms with Gasteiger partial charge in [-0.05, 0) is 38.4 Å². The van der Waals surface area contributed by atoms with Gasteiger partial charge < -0.3 is 15.1 Å². The van der Waals surface area contributed by atoms with Crippen LogP contribution in [-0.4, -0.2) is 60.5 Å². The van der Waals surface area contributed by atoms with E-state index in [2.05, 4.69) is 22.1 Å². The first-order chi connectivity index (χ1) is 10.2. The zero-order valence-corrected chi connectivity index (χ0v) is 13.1. The highest BCUT2D eigenvalue weighted by Crippen LogP contribution is 2.16. The van der Waals surface area contributed by atoms with E-state index < -0.39 is 0 Å². The maximum atomic E-state index is 12.6. The van der Waals surface area contributed by atoms with Crippen LogP contribution >= 0.6 is 0 Å². The van der Waals surface area contributed by atoms with Crippen LogP contribution in [0.2, 0.25) is 0 Å². The van der Waals surface area contributed by atoms with Crippen LogP contribution < -0.4 is 5.32 Å². The van der Waals surface area contributed by atoms with Crippen LogP contribution in [0.5, 0.6) is 0 Å². The highest BCUT2D eigenvalue weighted by molar-refractivity contribution is 5.99. The fourth-order valence-electron chi connectivity index (χ4n) is 2.58. The van der Waals surface area contributed by atoms with Gasteiger partial charge in [0.15, 0.2) is 0 Å². The second-order valence-electron chi connectivity index (χ2n) is 5.62. The molecule has 1 aliphatic rings. The van der Waals surface area contributed by atoms with Crippen LogP contribution in [0.1, 0.15) is 36.5 Å². The molecule has 0 aromatic carbocycles.